The van der Waals surface area contributed by atoms with Crippen LogP contribution in [0.25, 0.3) is 5.69 Å². The van der Waals surface area contributed by atoms with Gasteiger partial charge in [0.05, 0.1) is 16.8 Å². The molecule has 0 aliphatic rings. The highest BCUT2D eigenvalue weighted by Crippen LogP contribution is 2.21. The third-order valence-corrected chi connectivity index (χ3v) is 5.95. The van der Waals surface area contributed by atoms with E-state index in [2.05, 4.69) is 5.32 Å². The predicted octanol–water partition coefficient (Wildman–Crippen LogP) is 4.82. The Bertz CT molecular complexity index is 1390. The molecule has 3 rings (SSSR count). The molecule has 9 heteroatoms. The normalized spacial score (nSPS) is 12.4. The van der Waals surface area contributed by atoms with Gasteiger partial charge in [0, 0.05) is 12.1 Å². The Morgan fingerprint density at radius 3 is 2.23 bits per heavy atom. The Kier molecular flexibility index (Phi) is 9.40. The maximum atomic E-state index is 14.2. The first-order valence-electron chi connectivity index (χ1n) is 12.8. The van der Waals surface area contributed by atoms with Crippen molar-refractivity contribution in [2.75, 3.05) is 12.3 Å². The van der Waals surface area contributed by atoms with E-state index in [1.807, 2.05) is 46.8 Å². The Morgan fingerprint density at radius 1 is 1.00 bits per heavy atom. The minimum atomic E-state index is -1.02. The summed E-state index contributed by atoms with van der Waals surface area (Å²) >= 11 is 0. The number of halogens is 2. The van der Waals surface area contributed by atoms with E-state index >= 15 is 0 Å². The summed E-state index contributed by atoms with van der Waals surface area (Å²) in [5.41, 5.74) is 6.10. The third kappa shape index (κ3) is 7.83. The van der Waals surface area contributed by atoms with Crippen LogP contribution in [0.15, 0.2) is 59.4 Å². The van der Waals surface area contributed by atoms with Crippen LogP contribution in [0, 0.1) is 17.6 Å². The monoisotopic (exact) mass is 539 g/mol. The van der Waals surface area contributed by atoms with Gasteiger partial charge in [0.15, 0.2) is 5.78 Å². The van der Waals surface area contributed by atoms with E-state index in [1.165, 1.54) is 12.1 Å². The minimum absolute atomic E-state index is 0.0771. The second-order valence-electron chi connectivity index (χ2n) is 10.8. The molecule has 1 heterocycles. The molecular weight excluding hydrogens is 504 g/mol. The minimum Gasteiger partial charge on any atom is -0.459 e. The molecule has 0 radical (unpaired) electrons. The van der Waals surface area contributed by atoms with Gasteiger partial charge in [0.25, 0.3) is 5.56 Å². The molecule has 3 N–H and O–H groups in total. The van der Waals surface area contributed by atoms with Gasteiger partial charge in [-0.25, -0.2) is 8.78 Å². The topological polar surface area (TPSA) is 103 Å². The number of nitrogens with one attached hydrogen (secondary N) is 1. The molecule has 208 valence electrons. The number of carbonyl (C=O) groups is 2. The Morgan fingerprint density at radius 2 is 1.64 bits per heavy atom. The fraction of sp³-hybridized carbons (Fsp3) is 0.367. The van der Waals surface area contributed by atoms with E-state index < -0.39 is 34.6 Å². The first-order chi connectivity index (χ1) is 18.3. The highest BCUT2D eigenvalue weighted by Gasteiger charge is 2.25. The van der Waals surface area contributed by atoms with E-state index in [0.29, 0.717) is 37.1 Å². The number of benzene rings is 2. The maximum absolute atomic E-state index is 14.2. The van der Waals surface area contributed by atoms with Gasteiger partial charge in [0.1, 0.15) is 29.1 Å². The molecule has 0 aliphatic carbocycles. The van der Waals surface area contributed by atoms with Crippen LogP contribution in [0.1, 0.15) is 62.5 Å². The largest absolute Gasteiger partial charge is 0.459 e. The number of nitrogens with two attached hydrogens (primary N) is 1. The first kappa shape index (κ1) is 29.7. The SMILES string of the molecule is CC(C)C[C@H](NCCc1ccc(-n2c(N)c(C(=O)c3ccc(F)cc3F)ccc2=O)cc1)C(=O)OC(C)(C)C. The van der Waals surface area contributed by atoms with E-state index in [1.54, 1.807) is 12.1 Å². The van der Waals surface area contributed by atoms with Crippen molar-refractivity contribution in [3.05, 3.63) is 93.3 Å². The van der Waals surface area contributed by atoms with Crippen molar-refractivity contribution in [1.82, 2.24) is 9.88 Å². The molecule has 0 unspecified atom stereocenters. The lowest BCUT2D eigenvalue weighted by atomic mass is 10.0. The molecule has 2 aromatic carbocycles. The molecule has 7 nitrogen and oxygen atoms in total. The average Bonchev–Trinajstić information content (AvgIpc) is 2.83. The summed E-state index contributed by atoms with van der Waals surface area (Å²) in [5, 5.41) is 3.29. The summed E-state index contributed by atoms with van der Waals surface area (Å²) < 4.78 is 34.2. The van der Waals surface area contributed by atoms with Crippen molar-refractivity contribution in [3.8, 4) is 5.69 Å². The van der Waals surface area contributed by atoms with Gasteiger partial charge in [-0.3, -0.25) is 19.0 Å². The smallest absolute Gasteiger partial charge is 0.323 e. The Labute approximate surface area is 227 Å². The number of anilines is 1. The van der Waals surface area contributed by atoms with Gasteiger partial charge in [-0.2, -0.15) is 0 Å². The molecule has 0 fully saturated rings. The van der Waals surface area contributed by atoms with Crippen molar-refractivity contribution in [3.63, 3.8) is 0 Å². The predicted molar refractivity (Wildman–Crippen MR) is 147 cm³/mol. The van der Waals surface area contributed by atoms with Crippen LogP contribution in [0.2, 0.25) is 0 Å². The van der Waals surface area contributed by atoms with Crippen LogP contribution in [-0.4, -0.2) is 34.5 Å². The van der Waals surface area contributed by atoms with Gasteiger partial charge in [0.2, 0.25) is 0 Å². The lowest BCUT2D eigenvalue weighted by Gasteiger charge is -2.25. The summed E-state index contributed by atoms with van der Waals surface area (Å²) in [7, 11) is 0. The fourth-order valence-corrected chi connectivity index (χ4v) is 4.14. The molecule has 3 aromatic rings. The number of pyridine rings is 1. The fourth-order valence-electron chi connectivity index (χ4n) is 4.14. The number of carbonyl (C=O) groups excluding carboxylic acids is 2. The van der Waals surface area contributed by atoms with Crippen molar-refractivity contribution in [2.45, 2.75) is 59.1 Å². The summed E-state index contributed by atoms with van der Waals surface area (Å²) in [4.78, 5) is 38.2. The van der Waals surface area contributed by atoms with Crippen LogP contribution in [0.4, 0.5) is 14.6 Å². The van der Waals surface area contributed by atoms with Crippen LogP contribution in [0.3, 0.4) is 0 Å². The van der Waals surface area contributed by atoms with Crippen molar-refractivity contribution in [2.24, 2.45) is 5.92 Å². The third-order valence-electron chi connectivity index (χ3n) is 5.95. The lowest BCUT2D eigenvalue weighted by Crippen LogP contribution is -2.42. The van der Waals surface area contributed by atoms with Crippen LogP contribution in [0.5, 0.6) is 0 Å². The summed E-state index contributed by atoms with van der Waals surface area (Å²) in [5.74, 6) is -2.71. The van der Waals surface area contributed by atoms with Crippen molar-refractivity contribution in [1.29, 1.82) is 0 Å². The molecular formula is C30H35F2N3O4. The molecule has 0 saturated carbocycles. The zero-order valence-corrected chi connectivity index (χ0v) is 22.9. The lowest BCUT2D eigenvalue weighted by molar-refractivity contribution is -0.157. The highest BCUT2D eigenvalue weighted by molar-refractivity contribution is 6.11. The second kappa shape index (κ2) is 12.3. The summed E-state index contributed by atoms with van der Waals surface area (Å²) in [6.07, 6.45) is 1.26. The summed E-state index contributed by atoms with van der Waals surface area (Å²) in [6.45, 7) is 10.1. The number of esters is 1. The van der Waals surface area contributed by atoms with Crippen LogP contribution >= 0.6 is 0 Å². The second-order valence-corrected chi connectivity index (χ2v) is 10.8. The number of ketones is 1. The number of aromatic nitrogens is 1. The van der Waals surface area contributed by atoms with Crippen LogP contribution in [-0.2, 0) is 16.0 Å². The van der Waals surface area contributed by atoms with Gasteiger partial charge in [-0.05, 0) is 82.0 Å². The molecule has 0 spiro atoms. The van der Waals surface area contributed by atoms with E-state index in [-0.39, 0.29) is 22.9 Å². The molecule has 0 aliphatic heterocycles. The molecule has 39 heavy (non-hydrogen) atoms. The number of hydrogen-bond donors (Lipinski definition) is 2. The van der Waals surface area contributed by atoms with E-state index in [9.17, 15) is 23.2 Å². The molecule has 0 saturated heterocycles. The molecule has 1 aromatic heterocycles. The number of hydrogen-bond acceptors (Lipinski definition) is 6. The number of nitrogens with zero attached hydrogens (tertiary/aromatic N) is 1. The first-order valence-corrected chi connectivity index (χ1v) is 12.8. The maximum Gasteiger partial charge on any atom is 0.323 e. The van der Waals surface area contributed by atoms with Crippen LogP contribution < -0.4 is 16.6 Å². The Hall–Kier alpha value is -3.85. The highest BCUT2D eigenvalue weighted by atomic mass is 19.1. The summed E-state index contributed by atoms with van der Waals surface area (Å²) in [6, 6.07) is 11.7. The molecule has 0 bridgehead atoms. The Balaban J connectivity index is 1.75. The number of ether oxygens (including phenoxy) is 1. The number of rotatable bonds is 10. The van der Waals surface area contributed by atoms with E-state index in [4.69, 9.17) is 10.5 Å². The standard InChI is InChI=1S/C30H35F2N3O4/c1-18(2)16-25(29(38)39-30(3,4)5)34-15-14-19-6-9-21(10-7-19)35-26(36)13-12-23(28(35)33)27(37)22-11-8-20(31)17-24(22)32/h6-13,17-18,25,34H,14-16,33H2,1-5H3/t25-/m0/s1. The average molecular weight is 540 g/mol. The van der Waals surface area contributed by atoms with E-state index in [0.717, 1.165) is 22.3 Å². The van der Waals surface area contributed by atoms with Gasteiger partial charge in [-0.15, -0.1) is 0 Å². The van der Waals surface area contributed by atoms with Gasteiger partial charge >= 0.3 is 5.97 Å². The zero-order chi connectivity index (χ0) is 28.9. The molecule has 1 atom stereocenters. The van der Waals surface area contributed by atoms with Gasteiger partial charge in [-0.1, -0.05) is 26.0 Å². The quantitative estimate of drug-likeness (QED) is 0.283. The zero-order valence-electron chi connectivity index (χ0n) is 22.9. The van der Waals surface area contributed by atoms with Crippen molar-refractivity contribution < 1.29 is 23.1 Å². The van der Waals surface area contributed by atoms with Gasteiger partial charge < -0.3 is 15.8 Å². The number of nitrogen functional groups attached to an aromatic ring is 1. The van der Waals surface area contributed by atoms with Crippen molar-refractivity contribution >= 4 is 17.6 Å². The molecule has 0 amide bonds.